The van der Waals surface area contributed by atoms with Crippen molar-refractivity contribution < 1.29 is 47.5 Å². The van der Waals surface area contributed by atoms with Gasteiger partial charge in [-0.05, 0) is 49.4 Å². The molecule has 0 saturated heterocycles. The van der Waals surface area contributed by atoms with Crippen LogP contribution in [0.15, 0.2) is 0 Å². The van der Waals surface area contributed by atoms with Crippen molar-refractivity contribution in [3.63, 3.8) is 0 Å². The zero-order valence-corrected chi connectivity index (χ0v) is 18.8. The maximum Gasteiger partial charge on any atom is 2.00 e. The Balaban J connectivity index is 0.000000364. The van der Waals surface area contributed by atoms with E-state index in [1.54, 1.807) is 0 Å². The van der Waals surface area contributed by atoms with E-state index < -0.39 is 11.9 Å². The summed E-state index contributed by atoms with van der Waals surface area (Å²) in [4.78, 5) is 20.8. The third-order valence-corrected chi connectivity index (χ3v) is 4.54. The number of aliphatic carboxylic acids is 2. The minimum Gasteiger partial charge on any atom is -0.550 e. The third-order valence-electron chi connectivity index (χ3n) is 4.54. The first kappa shape index (κ1) is 20.9. The Hall–Kier alpha value is -0.125. The maximum atomic E-state index is 10.4. The third kappa shape index (κ3) is 8.17. The van der Waals surface area contributed by atoms with Gasteiger partial charge in [0.2, 0.25) is 0 Å². The molecular weight excluding hydrogens is 457 g/mol. The van der Waals surface area contributed by atoms with Crippen molar-refractivity contribution in [1.82, 2.24) is 0 Å². The minimum absolute atomic E-state index is 0. The van der Waals surface area contributed by atoms with Crippen molar-refractivity contribution in [3.05, 3.63) is 0 Å². The summed E-state index contributed by atoms with van der Waals surface area (Å²) in [6.07, 6.45) is 7.78. The van der Waals surface area contributed by atoms with Crippen molar-refractivity contribution in [3.8, 4) is 0 Å². The Labute approximate surface area is 148 Å². The molecule has 0 aromatic carbocycles. The van der Waals surface area contributed by atoms with Gasteiger partial charge in [0.15, 0.2) is 0 Å². The van der Waals surface area contributed by atoms with Gasteiger partial charge in [0.25, 0.3) is 0 Å². The van der Waals surface area contributed by atoms with Crippen LogP contribution in [0.2, 0.25) is 0 Å². The van der Waals surface area contributed by atoms with Crippen molar-refractivity contribution in [2.45, 2.75) is 65.2 Å². The molecule has 4 atom stereocenters. The number of carboxylic acid groups (broad SMARTS) is 2. The molecule has 0 spiro atoms. The first-order chi connectivity index (χ1) is 9.40. The number of hydrogen-bond acceptors (Lipinski definition) is 4. The van der Waals surface area contributed by atoms with Gasteiger partial charge in [0.1, 0.15) is 0 Å². The molecule has 2 aliphatic rings. The molecule has 0 bridgehead atoms. The monoisotopic (exact) mass is 484 g/mol. The first-order valence-electron chi connectivity index (χ1n) is 7.81. The van der Waals surface area contributed by atoms with Crippen LogP contribution in [0, 0.1) is 23.7 Å². The van der Waals surface area contributed by atoms with Gasteiger partial charge >= 0.3 is 27.7 Å². The van der Waals surface area contributed by atoms with Crippen molar-refractivity contribution in [1.29, 1.82) is 0 Å². The number of carbonyl (C=O) groups is 2. The van der Waals surface area contributed by atoms with E-state index in [-0.39, 0.29) is 39.5 Å². The van der Waals surface area contributed by atoms with Crippen LogP contribution < -0.4 is 10.2 Å². The summed E-state index contributed by atoms with van der Waals surface area (Å²) >= 11 is 0. The molecule has 2 saturated carbocycles. The van der Waals surface area contributed by atoms with Crippen LogP contribution in [0.25, 0.3) is 0 Å². The largest absolute Gasteiger partial charge is 2.00 e. The smallest absolute Gasteiger partial charge is 0.550 e. The summed E-state index contributed by atoms with van der Waals surface area (Å²) in [6.45, 7) is 4.21. The fraction of sp³-hybridized carbons (Fsp3) is 0.875. The predicted molar refractivity (Wildman–Crippen MR) is 72.3 cm³/mol. The molecule has 0 aliphatic heterocycles. The maximum absolute atomic E-state index is 10.4. The van der Waals surface area contributed by atoms with Crippen LogP contribution in [0.4, 0.5) is 0 Å². The molecule has 0 aromatic rings. The van der Waals surface area contributed by atoms with Crippen LogP contribution in [-0.2, 0) is 37.3 Å². The molecule has 2 fully saturated rings. The average Bonchev–Trinajstić information content (AvgIpc) is 2.39. The van der Waals surface area contributed by atoms with Gasteiger partial charge in [0.05, 0.1) is 0 Å². The van der Waals surface area contributed by atoms with E-state index in [4.69, 9.17) is 0 Å². The summed E-state index contributed by atoms with van der Waals surface area (Å²) in [6, 6.07) is 0. The standard InChI is InChI=1S/2C8H14O2.Hg/c2*1-6-3-2-4-7(5-6)8(9)10;/h2*6-7H,2-5H2,1H3,(H,9,10);/q;;+2/p-2. The minimum atomic E-state index is -0.855. The normalized spacial score (nSPS) is 32.1. The fourth-order valence-corrected chi connectivity index (χ4v) is 3.30. The van der Waals surface area contributed by atoms with E-state index in [9.17, 15) is 19.8 Å². The number of carboxylic acids is 2. The van der Waals surface area contributed by atoms with Crippen LogP contribution in [-0.4, -0.2) is 11.9 Å². The summed E-state index contributed by atoms with van der Waals surface area (Å²) in [5, 5.41) is 20.8. The molecule has 4 unspecified atom stereocenters. The Morgan fingerprint density at radius 3 is 1.29 bits per heavy atom. The van der Waals surface area contributed by atoms with Gasteiger partial charge in [-0.3, -0.25) is 0 Å². The summed E-state index contributed by atoms with van der Waals surface area (Å²) in [5.74, 6) is -0.876. The van der Waals surface area contributed by atoms with Gasteiger partial charge in [-0.1, -0.05) is 39.5 Å². The Bertz CT molecular complexity index is 300. The van der Waals surface area contributed by atoms with Crippen LogP contribution in [0.5, 0.6) is 0 Å². The van der Waals surface area contributed by atoms with E-state index in [2.05, 4.69) is 13.8 Å². The Morgan fingerprint density at radius 2 is 1.10 bits per heavy atom. The molecule has 0 aromatic heterocycles. The van der Waals surface area contributed by atoms with E-state index in [1.165, 1.54) is 12.8 Å². The number of hydrogen-bond donors (Lipinski definition) is 0. The first-order valence-corrected chi connectivity index (χ1v) is 7.81. The molecule has 116 valence electrons. The number of carbonyl (C=O) groups excluding carboxylic acids is 2. The molecule has 21 heavy (non-hydrogen) atoms. The van der Waals surface area contributed by atoms with E-state index in [0.717, 1.165) is 38.5 Å². The molecule has 5 heteroatoms. The zero-order valence-electron chi connectivity index (χ0n) is 13.3. The van der Waals surface area contributed by atoms with Gasteiger partial charge in [-0.2, -0.15) is 0 Å². The van der Waals surface area contributed by atoms with Crippen LogP contribution >= 0.6 is 0 Å². The second-order valence-corrected chi connectivity index (χ2v) is 6.58. The fourth-order valence-electron chi connectivity index (χ4n) is 3.30. The molecule has 0 radical (unpaired) electrons. The summed E-state index contributed by atoms with van der Waals surface area (Å²) < 4.78 is 0. The number of rotatable bonds is 2. The molecule has 0 amide bonds. The van der Waals surface area contributed by atoms with E-state index >= 15 is 0 Å². The van der Waals surface area contributed by atoms with Gasteiger partial charge in [-0.15, -0.1) is 0 Å². The topological polar surface area (TPSA) is 80.3 Å². The van der Waals surface area contributed by atoms with Gasteiger partial charge < -0.3 is 19.8 Å². The van der Waals surface area contributed by atoms with Gasteiger partial charge in [-0.25, -0.2) is 0 Å². The van der Waals surface area contributed by atoms with Crippen LogP contribution in [0.1, 0.15) is 65.2 Å². The molecule has 2 aliphatic carbocycles. The summed E-state index contributed by atoms with van der Waals surface area (Å²) in [5.41, 5.74) is 0. The average molecular weight is 483 g/mol. The van der Waals surface area contributed by atoms with E-state index in [1.807, 2.05) is 0 Å². The van der Waals surface area contributed by atoms with Crippen molar-refractivity contribution in [2.24, 2.45) is 23.7 Å². The van der Waals surface area contributed by atoms with Gasteiger partial charge in [0, 0.05) is 11.9 Å². The Morgan fingerprint density at radius 1 is 0.762 bits per heavy atom. The predicted octanol–water partition coefficient (Wildman–Crippen LogP) is 1.12. The molecule has 0 N–H and O–H groups in total. The van der Waals surface area contributed by atoms with Crippen LogP contribution in [0.3, 0.4) is 0 Å². The SMILES string of the molecule is CC1CCCC(C(=O)[O-])C1.CC1CCCC(C(=O)[O-])C1.[Hg+2]. The molecule has 4 nitrogen and oxygen atoms in total. The van der Waals surface area contributed by atoms with Crippen molar-refractivity contribution >= 4 is 11.9 Å². The second kappa shape index (κ2) is 10.6. The summed E-state index contributed by atoms with van der Waals surface area (Å²) in [7, 11) is 0. The molecule has 0 heterocycles. The molecule has 2 rings (SSSR count). The second-order valence-electron chi connectivity index (χ2n) is 6.58. The quantitative estimate of drug-likeness (QED) is 0.552. The Kier molecular flexibility index (Phi) is 10.5. The van der Waals surface area contributed by atoms with E-state index in [0.29, 0.717) is 11.8 Å². The van der Waals surface area contributed by atoms with Crippen molar-refractivity contribution in [2.75, 3.05) is 0 Å². The zero-order chi connectivity index (χ0) is 15.1. The molecular formula is C16H26HgO4.